The molecule has 1 saturated heterocycles. The predicted octanol–water partition coefficient (Wildman–Crippen LogP) is 2.42. The van der Waals surface area contributed by atoms with E-state index in [1.54, 1.807) is 30.3 Å². The van der Waals surface area contributed by atoms with Crippen LogP contribution in [0.1, 0.15) is 6.42 Å². The molecular weight excluding hydrogens is 394 g/mol. The molecule has 160 valence electrons. The lowest BCUT2D eigenvalue weighted by Crippen LogP contribution is -2.51. The highest BCUT2D eigenvalue weighted by molar-refractivity contribution is 6.58. The Morgan fingerprint density at radius 1 is 1.00 bits per heavy atom. The largest absolute Gasteiger partial charge is 0.491 e. The number of anilines is 1. The molecule has 7 heteroatoms. The minimum absolute atomic E-state index is 0.186. The average Bonchev–Trinajstić information content (AvgIpc) is 2.99. The molecule has 31 heavy (non-hydrogen) atoms. The van der Waals surface area contributed by atoms with Gasteiger partial charge in [0.1, 0.15) is 11.6 Å². The fraction of sp³-hybridized carbons (Fsp3) is 0.250. The van der Waals surface area contributed by atoms with E-state index in [9.17, 15) is 4.39 Å². The third-order valence-corrected chi connectivity index (χ3v) is 5.61. The Morgan fingerprint density at radius 2 is 1.77 bits per heavy atom. The van der Waals surface area contributed by atoms with Crippen molar-refractivity contribution >= 4 is 18.3 Å². The van der Waals surface area contributed by atoms with Crippen LogP contribution in [-0.4, -0.2) is 49.4 Å². The average molecular weight is 420 g/mol. The first-order valence-electron chi connectivity index (χ1n) is 10.5. The number of rotatable bonds is 2. The second kappa shape index (κ2) is 9.96. The molecule has 5 rings (SSSR count). The molecule has 1 fully saturated rings. The van der Waals surface area contributed by atoms with Gasteiger partial charge in [0.2, 0.25) is 0 Å². The van der Waals surface area contributed by atoms with E-state index in [0.717, 1.165) is 49.7 Å². The van der Waals surface area contributed by atoms with Gasteiger partial charge in [-0.2, -0.15) is 0 Å². The molecule has 1 atom stereocenters. The Morgan fingerprint density at radius 3 is 2.52 bits per heavy atom. The molecule has 0 saturated carbocycles. The van der Waals surface area contributed by atoms with Gasteiger partial charge in [0, 0.05) is 37.7 Å². The first-order chi connectivity index (χ1) is 15.1. The van der Waals surface area contributed by atoms with Gasteiger partial charge in [-0.05, 0) is 29.2 Å². The predicted molar refractivity (Wildman–Crippen MR) is 122 cm³/mol. The Kier molecular flexibility index (Phi) is 6.87. The first-order valence-corrected chi connectivity index (χ1v) is 10.5. The summed E-state index contributed by atoms with van der Waals surface area (Å²) in [4.78, 5) is 2.41. The zero-order valence-electron chi connectivity index (χ0n) is 17.2. The van der Waals surface area contributed by atoms with Crippen molar-refractivity contribution in [1.29, 1.82) is 0 Å². The zero-order chi connectivity index (χ0) is 21.6. The molecule has 0 aliphatic carbocycles. The summed E-state index contributed by atoms with van der Waals surface area (Å²) >= 11 is 0. The standard InChI is InChI=1S/C18H19FN2O.C6H7BO2/c19-16-4-2-1-3-15(16)13-5-6-18-17(11-13)21-9-8-20-12-14(21)7-10-22-18;8-7(9)6-4-2-1-3-5-6/h1-6,11,14,20H,7-10,12H2;1-5,8-9H/t14-;/m0./s1. The molecule has 2 heterocycles. The maximum absolute atomic E-state index is 14.1. The van der Waals surface area contributed by atoms with Crippen molar-refractivity contribution in [2.24, 2.45) is 0 Å². The van der Waals surface area contributed by atoms with E-state index >= 15 is 0 Å². The van der Waals surface area contributed by atoms with E-state index in [1.807, 2.05) is 30.3 Å². The Labute approximate surface area is 182 Å². The van der Waals surface area contributed by atoms with E-state index < -0.39 is 7.12 Å². The summed E-state index contributed by atoms with van der Waals surface area (Å²) in [6, 6.07) is 22.0. The van der Waals surface area contributed by atoms with Crippen LogP contribution in [0.4, 0.5) is 10.1 Å². The number of hydrogen-bond acceptors (Lipinski definition) is 5. The quantitative estimate of drug-likeness (QED) is 0.556. The van der Waals surface area contributed by atoms with E-state index in [0.29, 0.717) is 17.1 Å². The Hall–Kier alpha value is -2.87. The van der Waals surface area contributed by atoms with Crippen LogP contribution in [0.5, 0.6) is 5.75 Å². The van der Waals surface area contributed by atoms with Gasteiger partial charge in [0.05, 0.1) is 12.3 Å². The van der Waals surface area contributed by atoms with Gasteiger partial charge in [0.15, 0.2) is 0 Å². The van der Waals surface area contributed by atoms with E-state index in [2.05, 4.69) is 16.3 Å². The molecule has 5 nitrogen and oxygen atoms in total. The summed E-state index contributed by atoms with van der Waals surface area (Å²) in [5, 5.41) is 20.6. The summed E-state index contributed by atoms with van der Waals surface area (Å²) in [6.07, 6.45) is 1.01. The van der Waals surface area contributed by atoms with Crippen LogP contribution in [0.2, 0.25) is 0 Å². The van der Waals surface area contributed by atoms with Crippen molar-refractivity contribution in [2.45, 2.75) is 12.5 Å². The second-order valence-corrected chi connectivity index (χ2v) is 7.64. The van der Waals surface area contributed by atoms with Crippen molar-refractivity contribution < 1.29 is 19.2 Å². The van der Waals surface area contributed by atoms with Gasteiger partial charge in [0.25, 0.3) is 0 Å². The van der Waals surface area contributed by atoms with Crippen molar-refractivity contribution in [3.8, 4) is 16.9 Å². The second-order valence-electron chi connectivity index (χ2n) is 7.64. The summed E-state index contributed by atoms with van der Waals surface area (Å²) < 4.78 is 20.0. The summed E-state index contributed by atoms with van der Waals surface area (Å²) in [6.45, 7) is 3.64. The highest BCUT2D eigenvalue weighted by Gasteiger charge is 2.27. The van der Waals surface area contributed by atoms with Crippen LogP contribution in [0, 0.1) is 5.82 Å². The van der Waals surface area contributed by atoms with Gasteiger partial charge in [-0.25, -0.2) is 4.39 Å². The molecule has 0 unspecified atom stereocenters. The van der Waals surface area contributed by atoms with E-state index in [4.69, 9.17) is 14.8 Å². The van der Waals surface area contributed by atoms with Crippen molar-refractivity contribution in [1.82, 2.24) is 5.32 Å². The Balaban J connectivity index is 0.000000217. The van der Waals surface area contributed by atoms with Crippen LogP contribution in [-0.2, 0) is 0 Å². The normalized spacial score (nSPS) is 17.3. The first kappa shape index (κ1) is 21.4. The maximum atomic E-state index is 14.1. The molecule has 2 aliphatic heterocycles. The highest BCUT2D eigenvalue weighted by atomic mass is 19.1. The number of halogens is 1. The molecule has 0 amide bonds. The molecule has 3 aromatic carbocycles. The van der Waals surface area contributed by atoms with Crippen LogP contribution in [0.25, 0.3) is 11.1 Å². The number of ether oxygens (including phenoxy) is 1. The van der Waals surface area contributed by atoms with Crippen LogP contribution < -0.4 is 20.4 Å². The zero-order valence-corrected chi connectivity index (χ0v) is 17.2. The van der Waals surface area contributed by atoms with Crippen molar-refractivity contribution in [3.05, 3.63) is 78.6 Å². The molecule has 0 spiro atoms. The monoisotopic (exact) mass is 420 g/mol. The molecule has 0 bridgehead atoms. The number of piperazine rings is 1. The highest BCUT2D eigenvalue weighted by Crippen LogP contribution is 2.37. The van der Waals surface area contributed by atoms with Gasteiger partial charge in [-0.15, -0.1) is 0 Å². The van der Waals surface area contributed by atoms with Gasteiger partial charge >= 0.3 is 7.12 Å². The van der Waals surface area contributed by atoms with Gasteiger partial charge in [-0.1, -0.05) is 54.6 Å². The molecule has 2 aliphatic rings. The molecule has 0 radical (unpaired) electrons. The van der Waals surface area contributed by atoms with Gasteiger partial charge in [-0.3, -0.25) is 0 Å². The number of nitrogens with zero attached hydrogens (tertiary/aromatic N) is 1. The summed E-state index contributed by atoms with van der Waals surface area (Å²) in [7, 11) is -1.34. The fourth-order valence-electron chi connectivity index (χ4n) is 3.99. The smallest absolute Gasteiger partial charge is 0.488 e. The summed E-state index contributed by atoms with van der Waals surface area (Å²) in [5.41, 5.74) is 3.16. The minimum Gasteiger partial charge on any atom is -0.491 e. The Bertz CT molecular complexity index is 1000. The van der Waals surface area contributed by atoms with Crippen LogP contribution in [0.15, 0.2) is 72.8 Å². The van der Waals surface area contributed by atoms with Crippen molar-refractivity contribution in [2.75, 3.05) is 31.1 Å². The third kappa shape index (κ3) is 5.07. The topological polar surface area (TPSA) is 65.0 Å². The molecule has 3 aromatic rings. The number of hydrogen-bond donors (Lipinski definition) is 3. The van der Waals surface area contributed by atoms with Crippen LogP contribution >= 0.6 is 0 Å². The van der Waals surface area contributed by atoms with Crippen LogP contribution in [0.3, 0.4) is 0 Å². The van der Waals surface area contributed by atoms with Crippen molar-refractivity contribution in [3.63, 3.8) is 0 Å². The molecule has 0 aromatic heterocycles. The minimum atomic E-state index is -1.34. The SMILES string of the molecule is Fc1ccccc1-c1ccc2c(c1)N1CCNC[C@@H]1CCO2.OB(O)c1ccccc1. The lowest BCUT2D eigenvalue weighted by Gasteiger charge is -2.36. The molecule has 3 N–H and O–H groups in total. The fourth-order valence-corrected chi connectivity index (χ4v) is 3.99. The number of benzene rings is 3. The summed E-state index contributed by atoms with van der Waals surface area (Å²) in [5.74, 6) is 0.721. The van der Waals surface area contributed by atoms with E-state index in [-0.39, 0.29) is 5.82 Å². The number of fused-ring (bicyclic) bond motifs is 3. The molecular formula is C24H26BFN2O3. The lowest BCUT2D eigenvalue weighted by atomic mass is 9.81. The number of nitrogens with one attached hydrogen (secondary N) is 1. The third-order valence-electron chi connectivity index (χ3n) is 5.61. The van der Waals surface area contributed by atoms with Gasteiger partial charge < -0.3 is 25.0 Å². The lowest BCUT2D eigenvalue weighted by molar-refractivity contribution is 0.304. The maximum Gasteiger partial charge on any atom is 0.488 e. The van der Waals surface area contributed by atoms with E-state index in [1.165, 1.54) is 6.07 Å².